The molecule has 0 spiro atoms. The summed E-state index contributed by atoms with van der Waals surface area (Å²) in [5.74, 6) is 0. The quantitative estimate of drug-likeness (QED) is 0.363. The van der Waals surface area contributed by atoms with E-state index < -0.39 is 5.17 Å². The molecule has 0 aromatic carbocycles. The van der Waals surface area contributed by atoms with Crippen molar-refractivity contribution >= 4 is 17.4 Å². The van der Waals surface area contributed by atoms with Crippen LogP contribution in [0.5, 0.6) is 0 Å². The summed E-state index contributed by atoms with van der Waals surface area (Å²) in [5.41, 5.74) is 4.40. The second-order valence-corrected chi connectivity index (χ2v) is 0.757. The van der Waals surface area contributed by atoms with Gasteiger partial charge in [-0.15, -0.1) is 0 Å². The van der Waals surface area contributed by atoms with Crippen molar-refractivity contribution in [2.75, 3.05) is 7.11 Å². The van der Waals surface area contributed by atoms with Gasteiger partial charge in [-0.05, 0) is 12.2 Å². The number of rotatable bonds is 0. The van der Waals surface area contributed by atoms with E-state index in [4.69, 9.17) is 10.2 Å². The van der Waals surface area contributed by atoms with Crippen molar-refractivity contribution in [2.45, 2.75) is 0 Å². The lowest BCUT2D eigenvalue weighted by atomic mass is 11.4. The van der Waals surface area contributed by atoms with Gasteiger partial charge in [0.05, 0.1) is 0 Å². The number of hydrogen-bond donors (Lipinski definition) is 3. The summed E-state index contributed by atoms with van der Waals surface area (Å²) in [6.45, 7) is 0. The summed E-state index contributed by atoms with van der Waals surface area (Å²) in [4.78, 5) is 0. The van der Waals surface area contributed by atoms with E-state index in [1.807, 2.05) is 0 Å². The predicted molar refractivity (Wildman–Crippen MR) is 27.6 cm³/mol. The smallest absolute Gasteiger partial charge is 0.251 e. The van der Waals surface area contributed by atoms with E-state index in [1.165, 1.54) is 0 Å². The molecule has 4 heteroatoms. The lowest BCUT2D eigenvalue weighted by molar-refractivity contribution is 0.399. The van der Waals surface area contributed by atoms with Gasteiger partial charge >= 0.3 is 0 Å². The molecule has 0 rings (SSSR count). The maximum Gasteiger partial charge on any atom is 0.251 e. The maximum atomic E-state index is 7.56. The van der Waals surface area contributed by atoms with Crippen molar-refractivity contribution in [2.24, 2.45) is 5.73 Å². The molecule has 0 aromatic heterocycles. The summed E-state index contributed by atoms with van der Waals surface area (Å²) in [6, 6.07) is 0. The second-order valence-electron chi connectivity index (χ2n) is 0.338. The normalized spacial score (nSPS) is 5.00. The summed E-state index contributed by atoms with van der Waals surface area (Å²) in [5, 5.41) is 14.1. The van der Waals surface area contributed by atoms with Crippen molar-refractivity contribution in [1.29, 1.82) is 0 Å². The molecular formula is C2H7NO2S. The molecule has 0 saturated carbocycles. The first-order chi connectivity index (χ1) is 2.73. The number of aliphatic hydroxyl groups is 2. The Morgan fingerprint density at radius 2 is 1.67 bits per heavy atom. The third kappa shape index (κ3) is 209. The van der Waals surface area contributed by atoms with Gasteiger partial charge in [0.2, 0.25) is 0 Å². The summed E-state index contributed by atoms with van der Waals surface area (Å²) in [6.07, 6.45) is 0. The number of thiocarbonyl (C=S) groups is 1. The first-order valence-electron chi connectivity index (χ1n) is 1.16. The van der Waals surface area contributed by atoms with Crippen molar-refractivity contribution < 1.29 is 10.2 Å². The molecule has 0 aliphatic rings. The Bertz CT molecular complexity index is 34.5. The van der Waals surface area contributed by atoms with E-state index in [0.29, 0.717) is 0 Å². The lowest BCUT2D eigenvalue weighted by Crippen LogP contribution is -2.03. The Hall–Kier alpha value is -0.350. The van der Waals surface area contributed by atoms with Crippen molar-refractivity contribution in [3.05, 3.63) is 0 Å². The molecule has 4 N–H and O–H groups in total. The first kappa shape index (κ1) is 9.17. The van der Waals surface area contributed by atoms with Gasteiger partial charge in [-0.1, -0.05) is 0 Å². The van der Waals surface area contributed by atoms with E-state index >= 15 is 0 Å². The topological polar surface area (TPSA) is 66.5 Å². The standard InChI is InChI=1S/CH3NOS.CH4O/c2-1(3)4;1-2/h(H3,2,3,4);2H,1H3. The van der Waals surface area contributed by atoms with Crippen LogP contribution in [-0.2, 0) is 0 Å². The summed E-state index contributed by atoms with van der Waals surface area (Å²) >= 11 is 3.87. The molecule has 0 aliphatic carbocycles. The van der Waals surface area contributed by atoms with Gasteiger partial charge in [0, 0.05) is 7.11 Å². The minimum atomic E-state index is -0.500. The largest absolute Gasteiger partial charge is 0.487 e. The van der Waals surface area contributed by atoms with Crippen LogP contribution < -0.4 is 5.73 Å². The molecule has 0 amide bonds. The molecule has 38 valence electrons. The van der Waals surface area contributed by atoms with Crippen molar-refractivity contribution in [3.8, 4) is 0 Å². The molecule has 0 atom stereocenters. The molecular weight excluding hydrogens is 102 g/mol. The zero-order valence-electron chi connectivity index (χ0n) is 3.38. The van der Waals surface area contributed by atoms with Crippen LogP contribution in [0.3, 0.4) is 0 Å². The molecule has 0 saturated heterocycles. The van der Waals surface area contributed by atoms with E-state index in [-0.39, 0.29) is 0 Å². The van der Waals surface area contributed by atoms with E-state index in [1.54, 1.807) is 0 Å². The van der Waals surface area contributed by atoms with E-state index in [9.17, 15) is 0 Å². The Morgan fingerprint density at radius 1 is 1.67 bits per heavy atom. The fourth-order valence-electron chi connectivity index (χ4n) is 0. The third-order valence-corrected chi connectivity index (χ3v) is 0. The zero-order valence-corrected chi connectivity index (χ0v) is 4.20. The lowest BCUT2D eigenvalue weighted by Gasteiger charge is -1.67. The molecule has 0 aromatic rings. The molecule has 0 bridgehead atoms. The maximum absolute atomic E-state index is 7.56. The van der Waals surface area contributed by atoms with Crippen LogP contribution in [0.4, 0.5) is 0 Å². The molecule has 0 heterocycles. The highest BCUT2D eigenvalue weighted by Crippen LogP contribution is 1.40. The molecule has 6 heavy (non-hydrogen) atoms. The third-order valence-electron chi connectivity index (χ3n) is 0. The van der Waals surface area contributed by atoms with Crippen molar-refractivity contribution in [1.82, 2.24) is 0 Å². The van der Waals surface area contributed by atoms with Crippen LogP contribution in [-0.4, -0.2) is 22.5 Å². The van der Waals surface area contributed by atoms with Crippen LogP contribution in [0, 0.1) is 0 Å². The highest BCUT2D eigenvalue weighted by atomic mass is 32.1. The van der Waals surface area contributed by atoms with Gasteiger partial charge in [-0.25, -0.2) is 0 Å². The Kier molecular flexibility index (Phi) is 13.5. The molecule has 3 nitrogen and oxygen atoms in total. The number of nitrogens with two attached hydrogens (primary N) is 1. The average Bonchev–Trinajstić information content (AvgIpc) is 1.41. The molecule has 0 unspecified atom stereocenters. The van der Waals surface area contributed by atoms with E-state index in [2.05, 4.69) is 18.0 Å². The molecule has 0 aliphatic heterocycles. The van der Waals surface area contributed by atoms with Gasteiger partial charge in [0.1, 0.15) is 0 Å². The number of hydrogen-bond acceptors (Lipinski definition) is 2. The SMILES string of the molecule is CO.NC(O)=S. The Balaban J connectivity index is 0. The van der Waals surface area contributed by atoms with Gasteiger partial charge in [0.15, 0.2) is 0 Å². The minimum absolute atomic E-state index is 0.500. The Morgan fingerprint density at radius 3 is 1.67 bits per heavy atom. The highest BCUT2D eigenvalue weighted by Gasteiger charge is 1.57. The van der Waals surface area contributed by atoms with Crippen LogP contribution in [0.25, 0.3) is 0 Å². The zero-order chi connectivity index (χ0) is 5.58. The number of aliphatic hydroxyl groups excluding tert-OH is 2. The van der Waals surface area contributed by atoms with Crippen molar-refractivity contribution in [3.63, 3.8) is 0 Å². The highest BCUT2D eigenvalue weighted by molar-refractivity contribution is 7.79. The van der Waals surface area contributed by atoms with E-state index in [0.717, 1.165) is 7.11 Å². The summed E-state index contributed by atoms with van der Waals surface area (Å²) in [7, 11) is 1.00. The minimum Gasteiger partial charge on any atom is -0.487 e. The molecule has 0 fully saturated rings. The average molecular weight is 109 g/mol. The Labute approximate surface area is 41.4 Å². The second kappa shape index (κ2) is 8.82. The van der Waals surface area contributed by atoms with Gasteiger partial charge in [-0.3, -0.25) is 0 Å². The van der Waals surface area contributed by atoms with Crippen LogP contribution in [0.1, 0.15) is 0 Å². The fourth-order valence-corrected chi connectivity index (χ4v) is 0. The first-order valence-corrected chi connectivity index (χ1v) is 1.57. The van der Waals surface area contributed by atoms with Crippen LogP contribution in [0.15, 0.2) is 0 Å². The molecule has 0 radical (unpaired) electrons. The summed E-state index contributed by atoms with van der Waals surface area (Å²) < 4.78 is 0. The predicted octanol–water partition coefficient (Wildman–Crippen LogP) is -0.604. The van der Waals surface area contributed by atoms with Crippen LogP contribution in [0.2, 0.25) is 0 Å². The fraction of sp³-hybridized carbons (Fsp3) is 0.500. The van der Waals surface area contributed by atoms with Gasteiger partial charge in [0.25, 0.3) is 5.17 Å². The van der Waals surface area contributed by atoms with Gasteiger partial charge < -0.3 is 15.9 Å². The van der Waals surface area contributed by atoms with Gasteiger partial charge in [-0.2, -0.15) is 0 Å². The monoisotopic (exact) mass is 109 g/mol. The van der Waals surface area contributed by atoms with Crippen LogP contribution >= 0.6 is 12.2 Å².